The van der Waals surface area contributed by atoms with Crippen molar-refractivity contribution in [3.63, 3.8) is 0 Å². The highest BCUT2D eigenvalue weighted by Crippen LogP contribution is 2.26. The number of esters is 1. The molecular weight excluding hydrogens is 386 g/mol. The Bertz CT molecular complexity index is 1340. The summed E-state index contributed by atoms with van der Waals surface area (Å²) in [6.45, 7) is 0. The number of carbonyl (C=O) groups excluding carboxylic acids is 1. The molecular formula is C20H17N7O3. The van der Waals surface area contributed by atoms with Crippen LogP contribution in [0.5, 0.6) is 0 Å². The van der Waals surface area contributed by atoms with Gasteiger partial charge < -0.3 is 14.9 Å². The number of nitrogens with zero attached hydrogens (tertiary/aromatic N) is 6. The SMILES string of the molecule is COC(=O)C(Cc1ccccc1)n1ncc2c1nc(N)n1nc(-c3ccco3)nc21. The number of carbonyl (C=O) groups is 1. The van der Waals surface area contributed by atoms with Crippen molar-refractivity contribution in [1.29, 1.82) is 0 Å². The fraction of sp³-hybridized carbons (Fsp3) is 0.150. The molecule has 30 heavy (non-hydrogen) atoms. The number of ether oxygens (including phenoxy) is 1. The quantitative estimate of drug-likeness (QED) is 0.443. The molecule has 0 amide bonds. The predicted octanol–water partition coefficient (Wildman–Crippen LogP) is 2.27. The average molecular weight is 403 g/mol. The fourth-order valence-electron chi connectivity index (χ4n) is 3.41. The van der Waals surface area contributed by atoms with Gasteiger partial charge in [0.15, 0.2) is 23.1 Å². The van der Waals surface area contributed by atoms with Gasteiger partial charge in [-0.15, -0.1) is 5.10 Å². The molecule has 1 unspecified atom stereocenters. The van der Waals surface area contributed by atoms with Crippen LogP contribution >= 0.6 is 0 Å². The van der Waals surface area contributed by atoms with Crippen molar-refractivity contribution in [2.24, 2.45) is 0 Å². The molecule has 0 saturated carbocycles. The van der Waals surface area contributed by atoms with Crippen molar-refractivity contribution in [2.45, 2.75) is 12.5 Å². The molecule has 5 rings (SSSR count). The van der Waals surface area contributed by atoms with Crippen molar-refractivity contribution >= 4 is 28.6 Å². The maximum absolute atomic E-state index is 12.6. The largest absolute Gasteiger partial charge is 0.467 e. The Morgan fingerprint density at radius 2 is 2.00 bits per heavy atom. The normalized spacial score (nSPS) is 12.4. The molecule has 0 aliphatic heterocycles. The predicted molar refractivity (Wildman–Crippen MR) is 107 cm³/mol. The first kappa shape index (κ1) is 17.9. The minimum absolute atomic E-state index is 0.118. The summed E-state index contributed by atoms with van der Waals surface area (Å²) in [4.78, 5) is 21.6. The van der Waals surface area contributed by atoms with E-state index in [-0.39, 0.29) is 5.95 Å². The van der Waals surface area contributed by atoms with Gasteiger partial charge in [-0.05, 0) is 17.7 Å². The molecule has 10 heteroatoms. The lowest BCUT2D eigenvalue weighted by molar-refractivity contribution is -0.144. The zero-order chi connectivity index (χ0) is 20.7. The van der Waals surface area contributed by atoms with Gasteiger partial charge in [-0.1, -0.05) is 30.3 Å². The third kappa shape index (κ3) is 2.85. The summed E-state index contributed by atoms with van der Waals surface area (Å²) in [6, 6.07) is 12.4. The van der Waals surface area contributed by atoms with Crippen LogP contribution in [0.25, 0.3) is 28.3 Å². The number of rotatable bonds is 5. The van der Waals surface area contributed by atoms with Crippen molar-refractivity contribution in [3.05, 3.63) is 60.5 Å². The number of nitrogens with two attached hydrogens (primary N) is 1. The third-order valence-corrected chi connectivity index (χ3v) is 4.84. The summed E-state index contributed by atoms with van der Waals surface area (Å²) in [7, 11) is 1.35. The second-order valence-corrected chi connectivity index (χ2v) is 6.67. The number of fused-ring (bicyclic) bond motifs is 3. The van der Waals surface area contributed by atoms with Gasteiger partial charge in [0.05, 0.1) is 25.0 Å². The Kier molecular flexibility index (Phi) is 4.16. The number of benzene rings is 1. The molecule has 0 aliphatic rings. The molecule has 0 aliphatic carbocycles. The molecule has 5 aromatic rings. The monoisotopic (exact) mass is 403 g/mol. The lowest BCUT2D eigenvalue weighted by Gasteiger charge is -2.16. The highest BCUT2D eigenvalue weighted by atomic mass is 16.5. The van der Waals surface area contributed by atoms with Crippen molar-refractivity contribution in [1.82, 2.24) is 29.4 Å². The first-order valence-electron chi connectivity index (χ1n) is 9.21. The number of anilines is 1. The van der Waals surface area contributed by atoms with Gasteiger partial charge >= 0.3 is 5.97 Å². The van der Waals surface area contributed by atoms with E-state index in [2.05, 4.69) is 20.2 Å². The maximum Gasteiger partial charge on any atom is 0.331 e. The van der Waals surface area contributed by atoms with E-state index in [1.54, 1.807) is 24.6 Å². The molecule has 4 aromatic heterocycles. The molecule has 0 radical (unpaired) electrons. The first-order valence-corrected chi connectivity index (χ1v) is 9.21. The smallest absolute Gasteiger partial charge is 0.331 e. The molecule has 0 fully saturated rings. The van der Waals surface area contributed by atoms with E-state index in [0.717, 1.165) is 5.56 Å². The highest BCUT2D eigenvalue weighted by molar-refractivity contribution is 5.91. The van der Waals surface area contributed by atoms with Crippen LogP contribution in [0.4, 0.5) is 5.95 Å². The molecule has 0 spiro atoms. The lowest BCUT2D eigenvalue weighted by Crippen LogP contribution is -2.24. The fourth-order valence-corrected chi connectivity index (χ4v) is 3.41. The number of nitrogen functional groups attached to an aromatic ring is 1. The van der Waals surface area contributed by atoms with Crippen LogP contribution in [-0.4, -0.2) is 42.4 Å². The molecule has 0 saturated heterocycles. The molecule has 10 nitrogen and oxygen atoms in total. The summed E-state index contributed by atoms with van der Waals surface area (Å²) < 4.78 is 13.3. The van der Waals surface area contributed by atoms with Crippen LogP contribution in [0.3, 0.4) is 0 Å². The van der Waals surface area contributed by atoms with Crippen LogP contribution in [0.15, 0.2) is 59.3 Å². The number of hydrogen-bond acceptors (Lipinski definition) is 8. The van der Waals surface area contributed by atoms with Crippen LogP contribution in [0.2, 0.25) is 0 Å². The van der Waals surface area contributed by atoms with Crippen LogP contribution in [-0.2, 0) is 16.0 Å². The van der Waals surface area contributed by atoms with Gasteiger partial charge in [0.25, 0.3) is 0 Å². The summed E-state index contributed by atoms with van der Waals surface area (Å²) >= 11 is 0. The first-order chi connectivity index (χ1) is 14.7. The molecule has 0 bridgehead atoms. The Morgan fingerprint density at radius 3 is 2.73 bits per heavy atom. The molecule has 1 atom stereocenters. The van der Waals surface area contributed by atoms with E-state index in [1.165, 1.54) is 16.3 Å². The van der Waals surface area contributed by atoms with Gasteiger partial charge in [-0.25, -0.2) is 14.5 Å². The second kappa shape index (κ2) is 6.99. The van der Waals surface area contributed by atoms with E-state index in [4.69, 9.17) is 14.9 Å². The van der Waals surface area contributed by atoms with E-state index >= 15 is 0 Å². The Hall–Kier alpha value is -4.21. The zero-order valence-electron chi connectivity index (χ0n) is 16.0. The Morgan fingerprint density at radius 1 is 1.17 bits per heavy atom. The summed E-state index contributed by atoms with van der Waals surface area (Å²) in [6.07, 6.45) is 3.53. The highest BCUT2D eigenvalue weighted by Gasteiger charge is 2.27. The van der Waals surface area contributed by atoms with Crippen molar-refractivity contribution < 1.29 is 13.9 Å². The van der Waals surface area contributed by atoms with Crippen molar-refractivity contribution in [2.75, 3.05) is 12.8 Å². The minimum atomic E-state index is -0.711. The summed E-state index contributed by atoms with van der Waals surface area (Å²) in [5, 5.41) is 9.40. The summed E-state index contributed by atoms with van der Waals surface area (Å²) in [5.41, 5.74) is 8.00. The molecule has 4 heterocycles. The van der Waals surface area contributed by atoms with Gasteiger partial charge in [0, 0.05) is 6.42 Å². The number of furan rings is 1. The van der Waals surface area contributed by atoms with Gasteiger partial charge in [0.2, 0.25) is 11.8 Å². The summed E-state index contributed by atoms with van der Waals surface area (Å²) in [5.74, 6) is 0.576. The number of hydrogen-bond donors (Lipinski definition) is 1. The van der Waals surface area contributed by atoms with Crippen LogP contribution in [0, 0.1) is 0 Å². The van der Waals surface area contributed by atoms with Crippen LogP contribution < -0.4 is 5.73 Å². The standard InChI is InChI=1S/C20H17N7O3/c1-29-19(28)14(10-12-6-3-2-4-7-12)26-18-13(11-22-26)17-23-16(15-8-5-9-30-15)25-27(17)20(21)24-18/h2-9,11,14H,10H2,1H3,(H2,21,24). The zero-order valence-corrected chi connectivity index (χ0v) is 16.0. The van der Waals surface area contributed by atoms with E-state index in [1.807, 2.05) is 30.3 Å². The Labute approximate surface area is 169 Å². The van der Waals surface area contributed by atoms with Gasteiger partial charge in [-0.2, -0.15) is 14.6 Å². The Balaban J connectivity index is 1.66. The van der Waals surface area contributed by atoms with Gasteiger partial charge in [-0.3, -0.25) is 0 Å². The van der Waals surface area contributed by atoms with Gasteiger partial charge in [0.1, 0.15) is 0 Å². The third-order valence-electron chi connectivity index (χ3n) is 4.84. The lowest BCUT2D eigenvalue weighted by atomic mass is 10.1. The molecule has 2 N–H and O–H groups in total. The second-order valence-electron chi connectivity index (χ2n) is 6.67. The van der Waals surface area contributed by atoms with E-state index in [0.29, 0.717) is 34.7 Å². The van der Waals surface area contributed by atoms with E-state index < -0.39 is 12.0 Å². The van der Waals surface area contributed by atoms with Crippen molar-refractivity contribution in [3.8, 4) is 11.6 Å². The minimum Gasteiger partial charge on any atom is -0.467 e. The molecule has 1 aromatic carbocycles. The van der Waals surface area contributed by atoms with Crippen LogP contribution in [0.1, 0.15) is 11.6 Å². The van der Waals surface area contributed by atoms with E-state index in [9.17, 15) is 4.79 Å². The number of methoxy groups -OCH3 is 1. The molecule has 150 valence electrons. The number of aromatic nitrogens is 6. The topological polar surface area (TPSA) is 126 Å². The maximum atomic E-state index is 12.6. The average Bonchev–Trinajstić information content (AvgIpc) is 3.51.